The fraction of sp³-hybridized carbons (Fsp3) is 0.440. The minimum absolute atomic E-state index is 0. The number of nitrogens with zero attached hydrogens (tertiary/aromatic N) is 5. The summed E-state index contributed by atoms with van der Waals surface area (Å²) in [5.74, 6) is 0.421. The molecular formula is C25H32F2N6O. The van der Waals surface area contributed by atoms with E-state index in [1.165, 1.54) is 28.8 Å². The molecule has 182 valence electrons. The molecule has 0 aliphatic carbocycles. The standard InChI is InChI=1S/C25H30F2N6O.H2/c1-18-13-20(29-25-28-17-33(30-25)22-4-2-3-19(15-22)24(26)27)16-23(14-18)31-7-5-21(6-8-31)32-9-11-34-12-10-32;/h2-4,13-17,21,24H,5-12H2,1H3,(H,29,30);1H. The summed E-state index contributed by atoms with van der Waals surface area (Å²) in [6.45, 7) is 7.89. The van der Waals surface area contributed by atoms with Crippen LogP contribution < -0.4 is 10.2 Å². The van der Waals surface area contributed by atoms with Gasteiger partial charge in [0.25, 0.3) is 6.43 Å². The molecule has 1 N–H and O–H groups in total. The predicted molar refractivity (Wildman–Crippen MR) is 131 cm³/mol. The molecule has 7 nitrogen and oxygen atoms in total. The van der Waals surface area contributed by atoms with E-state index < -0.39 is 6.43 Å². The van der Waals surface area contributed by atoms with Crippen LogP contribution in [0.4, 0.5) is 26.1 Å². The smallest absolute Gasteiger partial charge is 0.263 e. The van der Waals surface area contributed by atoms with Crippen LogP contribution in [0.3, 0.4) is 0 Å². The minimum Gasteiger partial charge on any atom is -0.379 e. The summed E-state index contributed by atoms with van der Waals surface area (Å²) in [6, 6.07) is 13.2. The van der Waals surface area contributed by atoms with Crippen LogP contribution in [0.25, 0.3) is 5.69 Å². The predicted octanol–water partition coefficient (Wildman–Crippen LogP) is 4.80. The topological polar surface area (TPSA) is 58.5 Å². The number of ether oxygens (including phenoxy) is 1. The highest BCUT2D eigenvalue weighted by Gasteiger charge is 2.26. The van der Waals surface area contributed by atoms with Crippen molar-refractivity contribution in [3.05, 3.63) is 59.9 Å². The van der Waals surface area contributed by atoms with Crippen molar-refractivity contribution >= 4 is 17.3 Å². The number of hydrogen-bond donors (Lipinski definition) is 1. The van der Waals surface area contributed by atoms with Gasteiger partial charge in [-0.3, -0.25) is 4.90 Å². The number of aryl methyl sites for hydroxylation is 1. The normalized spacial score (nSPS) is 17.9. The molecule has 0 unspecified atom stereocenters. The van der Waals surface area contributed by atoms with Gasteiger partial charge in [0.05, 0.1) is 18.9 Å². The van der Waals surface area contributed by atoms with Crippen LogP contribution in [-0.2, 0) is 4.74 Å². The summed E-state index contributed by atoms with van der Waals surface area (Å²) in [7, 11) is 0. The van der Waals surface area contributed by atoms with Crippen molar-refractivity contribution in [1.29, 1.82) is 0 Å². The molecule has 9 heteroatoms. The maximum absolute atomic E-state index is 13.0. The molecule has 0 saturated carbocycles. The van der Waals surface area contributed by atoms with Crippen LogP contribution >= 0.6 is 0 Å². The average molecular weight is 471 g/mol. The van der Waals surface area contributed by atoms with Crippen LogP contribution in [0.5, 0.6) is 0 Å². The summed E-state index contributed by atoms with van der Waals surface area (Å²) >= 11 is 0. The average Bonchev–Trinajstić information content (AvgIpc) is 3.33. The first-order valence-electron chi connectivity index (χ1n) is 11.8. The van der Waals surface area contributed by atoms with Crippen molar-refractivity contribution in [1.82, 2.24) is 19.7 Å². The highest BCUT2D eigenvalue weighted by molar-refractivity contribution is 5.64. The lowest BCUT2D eigenvalue weighted by atomic mass is 10.0. The van der Waals surface area contributed by atoms with E-state index in [0.717, 1.165) is 63.5 Å². The number of rotatable bonds is 6. The Morgan fingerprint density at radius 2 is 1.82 bits per heavy atom. The molecule has 2 saturated heterocycles. The SMILES string of the molecule is Cc1cc(Nc2ncn(-c3cccc(C(F)F)c3)n2)cc(N2CCC(N3CCOCC3)CC2)c1.[HH]. The summed E-state index contributed by atoms with van der Waals surface area (Å²) in [5.41, 5.74) is 3.75. The van der Waals surface area contributed by atoms with Gasteiger partial charge in [-0.15, -0.1) is 5.10 Å². The molecule has 1 aromatic heterocycles. The molecule has 3 aromatic rings. The molecule has 0 atom stereocenters. The van der Waals surface area contributed by atoms with Gasteiger partial charge in [-0.05, 0) is 55.7 Å². The van der Waals surface area contributed by atoms with E-state index in [9.17, 15) is 8.78 Å². The van der Waals surface area contributed by atoms with Crippen molar-refractivity contribution in [2.24, 2.45) is 0 Å². The zero-order chi connectivity index (χ0) is 23.5. The van der Waals surface area contributed by atoms with Gasteiger partial charge in [0.2, 0.25) is 5.95 Å². The van der Waals surface area contributed by atoms with E-state index in [1.807, 2.05) is 0 Å². The number of hydrogen-bond acceptors (Lipinski definition) is 6. The Balaban J connectivity index is 0.00000289. The van der Waals surface area contributed by atoms with Crippen molar-refractivity contribution in [3.8, 4) is 5.69 Å². The highest BCUT2D eigenvalue weighted by Crippen LogP contribution is 2.28. The van der Waals surface area contributed by atoms with Gasteiger partial charge in [0.15, 0.2) is 0 Å². The van der Waals surface area contributed by atoms with E-state index in [4.69, 9.17) is 4.74 Å². The third kappa shape index (κ3) is 5.20. The maximum Gasteiger partial charge on any atom is 0.263 e. The molecule has 0 amide bonds. The van der Waals surface area contributed by atoms with Gasteiger partial charge in [-0.1, -0.05) is 12.1 Å². The summed E-state index contributed by atoms with van der Waals surface area (Å²) in [4.78, 5) is 9.33. The Morgan fingerprint density at radius 1 is 1.03 bits per heavy atom. The van der Waals surface area contributed by atoms with E-state index in [-0.39, 0.29) is 6.99 Å². The fourth-order valence-electron chi connectivity index (χ4n) is 4.83. The Hall–Kier alpha value is -3.04. The molecule has 2 aliphatic rings. The Bertz CT molecular complexity index is 1110. The van der Waals surface area contributed by atoms with Crippen molar-refractivity contribution in [2.45, 2.75) is 32.2 Å². The van der Waals surface area contributed by atoms with Crippen LogP contribution in [0, 0.1) is 6.92 Å². The maximum atomic E-state index is 13.0. The van der Waals surface area contributed by atoms with Crippen LogP contribution in [0.15, 0.2) is 48.8 Å². The monoisotopic (exact) mass is 470 g/mol. The van der Waals surface area contributed by atoms with E-state index in [1.54, 1.807) is 12.1 Å². The molecule has 2 fully saturated rings. The second kappa shape index (κ2) is 10.1. The van der Waals surface area contributed by atoms with E-state index in [0.29, 0.717) is 17.7 Å². The first-order chi connectivity index (χ1) is 16.5. The lowest BCUT2D eigenvalue weighted by Gasteiger charge is -2.41. The van der Waals surface area contributed by atoms with Gasteiger partial charge < -0.3 is 15.0 Å². The Labute approximate surface area is 199 Å². The molecule has 0 spiro atoms. The number of benzene rings is 2. The summed E-state index contributed by atoms with van der Waals surface area (Å²) in [5, 5.41) is 7.70. The van der Waals surface area contributed by atoms with Crippen molar-refractivity contribution < 1.29 is 14.9 Å². The van der Waals surface area contributed by atoms with Crippen molar-refractivity contribution in [2.75, 3.05) is 49.6 Å². The number of alkyl halides is 2. The molecule has 3 heterocycles. The number of aromatic nitrogens is 3. The molecule has 0 bridgehead atoms. The van der Waals surface area contributed by atoms with E-state index in [2.05, 4.69) is 50.3 Å². The lowest BCUT2D eigenvalue weighted by molar-refractivity contribution is 0.0115. The second-order valence-electron chi connectivity index (χ2n) is 8.96. The van der Waals surface area contributed by atoms with Gasteiger partial charge >= 0.3 is 0 Å². The lowest BCUT2D eigenvalue weighted by Crippen LogP contribution is -2.49. The number of halogens is 2. The molecule has 0 radical (unpaired) electrons. The third-order valence-electron chi connectivity index (χ3n) is 6.59. The first kappa shape index (κ1) is 22.7. The zero-order valence-corrected chi connectivity index (χ0v) is 19.3. The Kier molecular flexibility index (Phi) is 6.73. The van der Waals surface area contributed by atoms with Gasteiger partial charge in [0, 0.05) is 50.6 Å². The number of piperidine rings is 1. The van der Waals surface area contributed by atoms with Gasteiger partial charge in [-0.25, -0.2) is 13.5 Å². The zero-order valence-electron chi connectivity index (χ0n) is 19.3. The second-order valence-corrected chi connectivity index (χ2v) is 8.96. The summed E-state index contributed by atoms with van der Waals surface area (Å²) < 4.78 is 33.1. The quantitative estimate of drug-likeness (QED) is 0.558. The third-order valence-corrected chi connectivity index (χ3v) is 6.59. The van der Waals surface area contributed by atoms with E-state index >= 15 is 0 Å². The molecule has 34 heavy (non-hydrogen) atoms. The number of morpholine rings is 1. The Morgan fingerprint density at radius 3 is 2.59 bits per heavy atom. The summed E-state index contributed by atoms with van der Waals surface area (Å²) in [6.07, 6.45) is 1.31. The molecule has 5 rings (SSSR count). The van der Waals surface area contributed by atoms with Crippen LogP contribution in [0.2, 0.25) is 0 Å². The van der Waals surface area contributed by atoms with Crippen molar-refractivity contribution in [3.63, 3.8) is 0 Å². The van der Waals surface area contributed by atoms with Gasteiger partial charge in [0.1, 0.15) is 6.33 Å². The molecular weight excluding hydrogens is 438 g/mol. The van der Waals surface area contributed by atoms with Gasteiger partial charge in [-0.2, -0.15) is 4.98 Å². The minimum atomic E-state index is -2.52. The number of nitrogens with one attached hydrogen (secondary N) is 1. The largest absolute Gasteiger partial charge is 0.379 e. The highest BCUT2D eigenvalue weighted by atomic mass is 19.3. The van der Waals surface area contributed by atoms with Crippen LogP contribution in [0.1, 0.15) is 31.8 Å². The van der Waals surface area contributed by atoms with Crippen LogP contribution in [-0.4, -0.2) is 65.1 Å². The number of anilines is 3. The molecule has 2 aromatic carbocycles. The molecule has 2 aliphatic heterocycles. The first-order valence-corrected chi connectivity index (χ1v) is 11.8. The fourth-order valence-corrected chi connectivity index (χ4v) is 4.83.